The second-order valence-electron chi connectivity index (χ2n) is 6.18. The molecule has 2 rings (SSSR count). The summed E-state index contributed by atoms with van der Waals surface area (Å²) in [7, 11) is 0. The van der Waals surface area contributed by atoms with Crippen molar-refractivity contribution in [1.82, 2.24) is 15.2 Å². The summed E-state index contributed by atoms with van der Waals surface area (Å²) >= 11 is 3.00. The molecule has 2 amide bonds. The second kappa shape index (κ2) is 5.96. The van der Waals surface area contributed by atoms with Crippen LogP contribution in [0, 0.1) is 13.8 Å². The summed E-state index contributed by atoms with van der Waals surface area (Å²) in [5.74, 6) is 1.03. The molecule has 1 aromatic heterocycles. The first-order valence-electron chi connectivity index (χ1n) is 6.84. The topological polar surface area (TPSA) is 62.3 Å². The first-order valence-corrected chi connectivity index (χ1v) is 8.81. The standard InChI is InChI=1S/C14H21N3O2S2/c1-8-11(21-9(2)15-8)13(19)17-7-20-6-10(17)12(18)16-14(3,4)5/h10H,6-7H2,1-5H3,(H,16,18)/t10-/m0/s1. The van der Waals surface area contributed by atoms with Crippen LogP contribution in [0.1, 0.15) is 41.1 Å². The van der Waals surface area contributed by atoms with Crippen molar-refractivity contribution in [3.8, 4) is 0 Å². The van der Waals surface area contributed by atoms with Gasteiger partial charge in [0.2, 0.25) is 5.91 Å². The zero-order valence-corrected chi connectivity index (χ0v) is 14.7. The van der Waals surface area contributed by atoms with Crippen molar-refractivity contribution in [2.24, 2.45) is 0 Å². The number of carbonyl (C=O) groups excluding carboxylic acids is 2. The van der Waals surface area contributed by atoms with E-state index in [1.165, 1.54) is 11.3 Å². The van der Waals surface area contributed by atoms with Gasteiger partial charge in [-0.15, -0.1) is 23.1 Å². The Morgan fingerprint density at radius 1 is 1.33 bits per heavy atom. The van der Waals surface area contributed by atoms with E-state index in [0.717, 1.165) is 10.7 Å². The fraction of sp³-hybridized carbons (Fsp3) is 0.643. The molecule has 1 N–H and O–H groups in total. The molecule has 5 nitrogen and oxygen atoms in total. The van der Waals surface area contributed by atoms with Gasteiger partial charge >= 0.3 is 0 Å². The number of carbonyl (C=O) groups is 2. The van der Waals surface area contributed by atoms with Crippen LogP contribution in [0.2, 0.25) is 0 Å². The molecule has 1 aliphatic rings. The molecule has 0 aromatic carbocycles. The molecule has 0 radical (unpaired) electrons. The van der Waals surface area contributed by atoms with Gasteiger partial charge in [0, 0.05) is 11.3 Å². The highest BCUT2D eigenvalue weighted by Gasteiger charge is 2.37. The average Bonchev–Trinajstić information content (AvgIpc) is 2.92. The predicted molar refractivity (Wildman–Crippen MR) is 86.8 cm³/mol. The number of thioether (sulfide) groups is 1. The number of rotatable bonds is 2. The first-order chi connectivity index (χ1) is 9.69. The highest BCUT2D eigenvalue weighted by atomic mass is 32.2. The molecule has 0 aliphatic carbocycles. The molecule has 7 heteroatoms. The minimum atomic E-state index is -0.400. The molecule has 0 spiro atoms. The molecule has 21 heavy (non-hydrogen) atoms. The van der Waals surface area contributed by atoms with Crippen molar-refractivity contribution in [3.05, 3.63) is 15.6 Å². The normalized spacial score (nSPS) is 18.9. The fourth-order valence-electron chi connectivity index (χ4n) is 2.17. The zero-order chi connectivity index (χ0) is 15.8. The van der Waals surface area contributed by atoms with E-state index in [0.29, 0.717) is 16.5 Å². The van der Waals surface area contributed by atoms with Gasteiger partial charge in [-0.05, 0) is 34.6 Å². The first kappa shape index (κ1) is 16.3. The summed E-state index contributed by atoms with van der Waals surface area (Å²) in [5.41, 5.74) is 0.449. The van der Waals surface area contributed by atoms with Gasteiger partial charge in [0.1, 0.15) is 10.9 Å². The van der Waals surface area contributed by atoms with Gasteiger partial charge in [0.05, 0.1) is 16.6 Å². The fourth-order valence-corrected chi connectivity index (χ4v) is 4.20. The number of aryl methyl sites for hydroxylation is 2. The molecule has 0 saturated carbocycles. The number of amides is 2. The van der Waals surface area contributed by atoms with E-state index < -0.39 is 6.04 Å². The Labute approximate surface area is 133 Å². The molecule has 1 atom stereocenters. The lowest BCUT2D eigenvalue weighted by molar-refractivity contribution is -0.125. The smallest absolute Gasteiger partial charge is 0.267 e. The van der Waals surface area contributed by atoms with E-state index in [4.69, 9.17) is 0 Å². The van der Waals surface area contributed by atoms with Crippen LogP contribution in [0.4, 0.5) is 0 Å². The molecular formula is C14H21N3O2S2. The maximum absolute atomic E-state index is 12.7. The minimum absolute atomic E-state index is 0.0836. The van der Waals surface area contributed by atoms with E-state index in [2.05, 4.69) is 10.3 Å². The lowest BCUT2D eigenvalue weighted by Gasteiger charge is -2.27. The summed E-state index contributed by atoms with van der Waals surface area (Å²) in [6.45, 7) is 9.54. The molecule has 2 heterocycles. The third-order valence-corrected chi connectivity index (χ3v) is 5.11. The van der Waals surface area contributed by atoms with Crippen molar-refractivity contribution in [3.63, 3.8) is 0 Å². The number of nitrogens with one attached hydrogen (secondary N) is 1. The molecule has 1 saturated heterocycles. The molecule has 1 fully saturated rings. The van der Waals surface area contributed by atoms with Crippen LogP contribution in [0.5, 0.6) is 0 Å². The lowest BCUT2D eigenvalue weighted by atomic mass is 10.1. The quantitative estimate of drug-likeness (QED) is 0.904. The van der Waals surface area contributed by atoms with Gasteiger partial charge in [-0.25, -0.2) is 4.98 Å². The molecule has 0 unspecified atom stereocenters. The Hall–Kier alpha value is -1.08. The van der Waals surface area contributed by atoms with Crippen LogP contribution in [0.3, 0.4) is 0 Å². The van der Waals surface area contributed by atoms with Crippen LogP contribution in [0.15, 0.2) is 0 Å². The highest BCUT2D eigenvalue weighted by molar-refractivity contribution is 7.99. The van der Waals surface area contributed by atoms with Gasteiger partial charge in [-0.3, -0.25) is 9.59 Å². The summed E-state index contributed by atoms with van der Waals surface area (Å²) in [6.07, 6.45) is 0. The molecule has 0 bridgehead atoms. The molecule has 116 valence electrons. The number of hydrogen-bond acceptors (Lipinski definition) is 5. The summed E-state index contributed by atoms with van der Waals surface area (Å²) < 4.78 is 0. The van der Waals surface area contributed by atoms with E-state index in [1.54, 1.807) is 16.7 Å². The Morgan fingerprint density at radius 3 is 2.52 bits per heavy atom. The lowest BCUT2D eigenvalue weighted by Crippen LogP contribution is -2.52. The van der Waals surface area contributed by atoms with Crippen LogP contribution in [-0.2, 0) is 4.79 Å². The van der Waals surface area contributed by atoms with Gasteiger partial charge < -0.3 is 10.2 Å². The van der Waals surface area contributed by atoms with Gasteiger partial charge in [0.25, 0.3) is 5.91 Å². The van der Waals surface area contributed by atoms with Crippen LogP contribution >= 0.6 is 23.1 Å². The van der Waals surface area contributed by atoms with Crippen molar-refractivity contribution in [1.29, 1.82) is 0 Å². The minimum Gasteiger partial charge on any atom is -0.350 e. The summed E-state index contributed by atoms with van der Waals surface area (Å²) in [4.78, 5) is 31.6. The summed E-state index contributed by atoms with van der Waals surface area (Å²) in [6, 6.07) is -0.400. The monoisotopic (exact) mass is 327 g/mol. The van der Waals surface area contributed by atoms with Crippen LogP contribution in [-0.4, -0.2) is 44.9 Å². The molecular weight excluding hydrogens is 306 g/mol. The van der Waals surface area contributed by atoms with Crippen molar-refractivity contribution in [2.45, 2.75) is 46.2 Å². The highest BCUT2D eigenvalue weighted by Crippen LogP contribution is 2.27. The van der Waals surface area contributed by atoms with Crippen molar-refractivity contribution >= 4 is 34.9 Å². The van der Waals surface area contributed by atoms with E-state index in [9.17, 15) is 9.59 Å². The maximum Gasteiger partial charge on any atom is 0.267 e. The van der Waals surface area contributed by atoms with Crippen LogP contribution < -0.4 is 5.32 Å². The molecule has 1 aromatic rings. The summed E-state index contributed by atoms with van der Waals surface area (Å²) in [5, 5.41) is 3.83. The Balaban J connectivity index is 2.17. The van der Waals surface area contributed by atoms with Crippen molar-refractivity contribution in [2.75, 3.05) is 11.6 Å². The predicted octanol–water partition coefficient (Wildman–Crippen LogP) is 2.19. The Kier molecular flexibility index (Phi) is 4.63. The Morgan fingerprint density at radius 2 is 2.00 bits per heavy atom. The Bertz CT molecular complexity index is 563. The van der Waals surface area contributed by atoms with Gasteiger partial charge in [-0.1, -0.05) is 0 Å². The zero-order valence-electron chi connectivity index (χ0n) is 13.0. The van der Waals surface area contributed by atoms with Crippen molar-refractivity contribution < 1.29 is 9.59 Å². The third kappa shape index (κ3) is 3.77. The second-order valence-corrected chi connectivity index (χ2v) is 8.38. The van der Waals surface area contributed by atoms with E-state index in [-0.39, 0.29) is 17.4 Å². The SMILES string of the molecule is Cc1nc(C)c(C(=O)N2CSC[C@H]2C(=O)NC(C)(C)C)s1. The maximum atomic E-state index is 12.7. The van der Waals surface area contributed by atoms with E-state index in [1.807, 2.05) is 34.6 Å². The number of aromatic nitrogens is 1. The largest absolute Gasteiger partial charge is 0.350 e. The van der Waals surface area contributed by atoms with Gasteiger partial charge in [0.15, 0.2) is 0 Å². The number of nitrogens with zero attached hydrogens (tertiary/aromatic N) is 2. The number of hydrogen-bond donors (Lipinski definition) is 1. The number of thiazole rings is 1. The van der Waals surface area contributed by atoms with E-state index >= 15 is 0 Å². The molecule has 1 aliphatic heterocycles. The average molecular weight is 327 g/mol. The van der Waals surface area contributed by atoms with Crippen LogP contribution in [0.25, 0.3) is 0 Å². The van der Waals surface area contributed by atoms with Gasteiger partial charge in [-0.2, -0.15) is 0 Å². The third-order valence-electron chi connectivity index (χ3n) is 3.04.